The molecule has 1 fully saturated rings. The molecule has 0 aromatic carbocycles. The number of aliphatic hydroxyl groups excluding tert-OH is 1. The van der Waals surface area contributed by atoms with Crippen molar-refractivity contribution < 1.29 is 18.3 Å². The van der Waals surface area contributed by atoms with Gasteiger partial charge in [-0.05, 0) is 0 Å². The minimum absolute atomic E-state index is 0.0382. The van der Waals surface area contributed by atoms with Crippen molar-refractivity contribution in [2.45, 2.75) is 12.5 Å². The molecular formula is C5H8O4S. The highest BCUT2D eigenvalue weighted by atomic mass is 32.2. The zero-order chi connectivity index (χ0) is 7.78. The van der Waals surface area contributed by atoms with Gasteiger partial charge < -0.3 is 5.11 Å². The standard InChI is InChI=1S/C5H8O4S/c6-4-1-2-10(8,9)3-5(4)7/h5,7H,1-3H2/t5-/m1/s1. The predicted octanol–water partition coefficient (Wildman–Crippen LogP) is -1.27. The van der Waals surface area contributed by atoms with E-state index in [1.54, 1.807) is 0 Å². The molecule has 0 saturated carbocycles. The van der Waals surface area contributed by atoms with Crippen LogP contribution < -0.4 is 0 Å². The molecule has 0 aliphatic carbocycles. The fourth-order valence-corrected chi connectivity index (χ4v) is 2.19. The molecule has 1 heterocycles. The number of sulfone groups is 1. The summed E-state index contributed by atoms with van der Waals surface area (Å²) >= 11 is 0. The smallest absolute Gasteiger partial charge is 0.163 e. The van der Waals surface area contributed by atoms with E-state index in [0.717, 1.165) is 0 Å². The number of carbonyl (C=O) groups excluding carboxylic acids is 1. The van der Waals surface area contributed by atoms with Gasteiger partial charge in [-0.3, -0.25) is 4.79 Å². The molecule has 1 atom stereocenters. The number of rotatable bonds is 0. The summed E-state index contributed by atoms with van der Waals surface area (Å²) in [7, 11) is -3.14. The Hall–Kier alpha value is -0.420. The van der Waals surface area contributed by atoms with Crippen molar-refractivity contribution in [2.75, 3.05) is 11.5 Å². The van der Waals surface area contributed by atoms with Gasteiger partial charge in [0, 0.05) is 6.42 Å². The molecule has 5 heteroatoms. The van der Waals surface area contributed by atoms with E-state index in [2.05, 4.69) is 0 Å². The van der Waals surface area contributed by atoms with E-state index >= 15 is 0 Å². The molecule has 1 aliphatic rings. The minimum atomic E-state index is -3.14. The van der Waals surface area contributed by atoms with Crippen LogP contribution in [0.4, 0.5) is 0 Å². The van der Waals surface area contributed by atoms with Gasteiger partial charge in [0.2, 0.25) is 0 Å². The highest BCUT2D eigenvalue weighted by molar-refractivity contribution is 7.91. The molecule has 1 aliphatic heterocycles. The van der Waals surface area contributed by atoms with E-state index in [0.29, 0.717) is 0 Å². The SMILES string of the molecule is O=C1CCS(=O)(=O)C[C@H]1O. The number of hydrogen-bond acceptors (Lipinski definition) is 4. The molecule has 0 aromatic heterocycles. The molecular weight excluding hydrogens is 156 g/mol. The van der Waals surface area contributed by atoms with Gasteiger partial charge >= 0.3 is 0 Å². The molecule has 1 N–H and O–H groups in total. The van der Waals surface area contributed by atoms with Crippen LogP contribution in [0.2, 0.25) is 0 Å². The van der Waals surface area contributed by atoms with E-state index < -0.39 is 21.7 Å². The first-order valence-electron chi connectivity index (χ1n) is 2.92. The number of hydrogen-bond donors (Lipinski definition) is 1. The van der Waals surface area contributed by atoms with Crippen LogP contribution in [0.3, 0.4) is 0 Å². The lowest BCUT2D eigenvalue weighted by atomic mass is 10.2. The van der Waals surface area contributed by atoms with E-state index in [-0.39, 0.29) is 18.0 Å². The Bertz CT molecular complexity index is 240. The lowest BCUT2D eigenvalue weighted by Gasteiger charge is -2.14. The zero-order valence-corrected chi connectivity index (χ0v) is 6.10. The van der Waals surface area contributed by atoms with Crippen LogP contribution in [-0.2, 0) is 14.6 Å². The maximum absolute atomic E-state index is 10.7. The van der Waals surface area contributed by atoms with Gasteiger partial charge in [0.25, 0.3) is 0 Å². The highest BCUT2D eigenvalue weighted by Gasteiger charge is 2.29. The molecule has 10 heavy (non-hydrogen) atoms. The fourth-order valence-electron chi connectivity index (χ4n) is 0.840. The molecule has 0 radical (unpaired) electrons. The van der Waals surface area contributed by atoms with Gasteiger partial charge in [-0.1, -0.05) is 0 Å². The van der Waals surface area contributed by atoms with E-state index in [1.165, 1.54) is 0 Å². The second-order valence-corrected chi connectivity index (χ2v) is 4.58. The topological polar surface area (TPSA) is 71.4 Å². The summed E-state index contributed by atoms with van der Waals surface area (Å²) in [4.78, 5) is 10.6. The Labute approximate surface area is 58.8 Å². The monoisotopic (exact) mass is 164 g/mol. The van der Waals surface area contributed by atoms with E-state index in [4.69, 9.17) is 5.11 Å². The summed E-state index contributed by atoms with van der Waals surface area (Å²) in [6, 6.07) is 0. The molecule has 0 amide bonds. The lowest BCUT2D eigenvalue weighted by molar-refractivity contribution is -0.126. The zero-order valence-electron chi connectivity index (χ0n) is 5.28. The third-order valence-corrected chi connectivity index (χ3v) is 3.09. The number of Topliss-reactive ketones (excluding diaryl/α,β-unsaturated/α-hetero) is 1. The average Bonchev–Trinajstić information content (AvgIpc) is 1.79. The van der Waals surface area contributed by atoms with Gasteiger partial charge in [0.1, 0.15) is 6.10 Å². The van der Waals surface area contributed by atoms with Crippen molar-refractivity contribution in [3.05, 3.63) is 0 Å². The molecule has 1 saturated heterocycles. The third kappa shape index (κ3) is 1.54. The summed E-state index contributed by atoms with van der Waals surface area (Å²) in [5.74, 6) is -0.871. The third-order valence-electron chi connectivity index (χ3n) is 1.44. The van der Waals surface area contributed by atoms with Gasteiger partial charge in [-0.25, -0.2) is 8.42 Å². The van der Waals surface area contributed by atoms with Crippen LogP contribution in [-0.4, -0.2) is 36.9 Å². The first kappa shape index (κ1) is 7.68. The van der Waals surface area contributed by atoms with Crippen molar-refractivity contribution in [1.29, 1.82) is 0 Å². The summed E-state index contributed by atoms with van der Waals surface area (Å²) in [5, 5.41) is 8.78. The van der Waals surface area contributed by atoms with Gasteiger partial charge in [-0.15, -0.1) is 0 Å². The Balaban J connectivity index is 2.76. The Morgan fingerprint density at radius 3 is 2.50 bits per heavy atom. The maximum Gasteiger partial charge on any atom is 0.163 e. The van der Waals surface area contributed by atoms with Gasteiger partial charge in [0.05, 0.1) is 11.5 Å². The van der Waals surface area contributed by atoms with Crippen molar-refractivity contribution in [3.8, 4) is 0 Å². The molecule has 0 aromatic rings. The van der Waals surface area contributed by atoms with Crippen molar-refractivity contribution in [1.82, 2.24) is 0 Å². The fraction of sp³-hybridized carbons (Fsp3) is 0.800. The summed E-state index contributed by atoms with van der Waals surface area (Å²) in [6.07, 6.45) is -1.32. The highest BCUT2D eigenvalue weighted by Crippen LogP contribution is 2.07. The van der Waals surface area contributed by atoms with Crippen LogP contribution in [0, 0.1) is 0 Å². The lowest BCUT2D eigenvalue weighted by Crippen LogP contribution is -2.36. The summed E-state index contributed by atoms with van der Waals surface area (Å²) in [6.45, 7) is 0. The largest absolute Gasteiger partial charge is 0.384 e. The number of aliphatic hydroxyl groups is 1. The summed E-state index contributed by atoms with van der Waals surface area (Å²) in [5.41, 5.74) is 0. The van der Waals surface area contributed by atoms with Crippen molar-refractivity contribution in [3.63, 3.8) is 0 Å². The maximum atomic E-state index is 10.7. The van der Waals surface area contributed by atoms with Crippen LogP contribution in [0.5, 0.6) is 0 Å². The average molecular weight is 164 g/mol. The molecule has 1 rings (SSSR count). The quantitative estimate of drug-likeness (QED) is 0.485. The molecule has 0 spiro atoms. The minimum Gasteiger partial charge on any atom is -0.384 e. The second-order valence-electron chi connectivity index (χ2n) is 2.35. The van der Waals surface area contributed by atoms with Crippen molar-refractivity contribution in [2.24, 2.45) is 0 Å². The Morgan fingerprint density at radius 1 is 1.50 bits per heavy atom. The first-order chi connectivity index (χ1) is 4.51. The second kappa shape index (κ2) is 2.32. The summed E-state index contributed by atoms with van der Waals surface area (Å²) < 4.78 is 21.4. The predicted molar refractivity (Wildman–Crippen MR) is 34.3 cm³/mol. The number of carbonyl (C=O) groups is 1. The Morgan fingerprint density at radius 2 is 2.10 bits per heavy atom. The normalized spacial score (nSPS) is 32.1. The first-order valence-corrected chi connectivity index (χ1v) is 4.74. The molecule has 58 valence electrons. The van der Waals surface area contributed by atoms with Crippen LogP contribution in [0.25, 0.3) is 0 Å². The van der Waals surface area contributed by atoms with Crippen LogP contribution in [0.15, 0.2) is 0 Å². The van der Waals surface area contributed by atoms with Gasteiger partial charge in [0.15, 0.2) is 15.6 Å². The molecule has 0 unspecified atom stereocenters. The van der Waals surface area contributed by atoms with E-state index in [9.17, 15) is 13.2 Å². The van der Waals surface area contributed by atoms with Gasteiger partial charge in [-0.2, -0.15) is 0 Å². The van der Waals surface area contributed by atoms with Crippen LogP contribution in [0.1, 0.15) is 6.42 Å². The number of ketones is 1. The van der Waals surface area contributed by atoms with E-state index in [1.807, 2.05) is 0 Å². The Kier molecular flexibility index (Phi) is 1.78. The van der Waals surface area contributed by atoms with Crippen LogP contribution >= 0.6 is 0 Å². The molecule has 4 nitrogen and oxygen atoms in total. The van der Waals surface area contributed by atoms with Crippen molar-refractivity contribution >= 4 is 15.6 Å². The molecule has 0 bridgehead atoms.